The average Bonchev–Trinajstić information content (AvgIpc) is 2.41. The predicted molar refractivity (Wildman–Crippen MR) is 77.2 cm³/mol. The van der Waals surface area contributed by atoms with Crippen molar-refractivity contribution in [1.82, 2.24) is 10.2 Å². The summed E-state index contributed by atoms with van der Waals surface area (Å²) in [5, 5.41) is 2.81. The molecule has 110 valence electrons. The van der Waals surface area contributed by atoms with Crippen LogP contribution in [-0.4, -0.2) is 43.5 Å². The van der Waals surface area contributed by atoms with Gasteiger partial charge in [-0.1, -0.05) is 29.8 Å². The van der Waals surface area contributed by atoms with Gasteiger partial charge >= 0.3 is 0 Å². The number of nitrogens with zero attached hydrogens (tertiary/aromatic N) is 1. The highest BCUT2D eigenvalue weighted by Gasteiger charge is 2.12. The quantitative estimate of drug-likeness (QED) is 0.812. The number of aryl methyl sites for hydroxylation is 1. The van der Waals surface area contributed by atoms with Gasteiger partial charge in [-0.15, -0.1) is 0 Å². The molecule has 5 nitrogen and oxygen atoms in total. The van der Waals surface area contributed by atoms with Crippen LogP contribution in [0.15, 0.2) is 24.3 Å². The number of amides is 2. The number of benzene rings is 1. The van der Waals surface area contributed by atoms with Crippen LogP contribution in [-0.2, 0) is 20.9 Å². The maximum absolute atomic E-state index is 11.8. The molecule has 0 radical (unpaired) electrons. The van der Waals surface area contributed by atoms with Crippen LogP contribution < -0.4 is 5.32 Å². The maximum atomic E-state index is 11.8. The zero-order valence-electron chi connectivity index (χ0n) is 12.3. The van der Waals surface area contributed by atoms with E-state index < -0.39 is 0 Å². The topological polar surface area (TPSA) is 58.6 Å². The third-order valence-electron chi connectivity index (χ3n) is 2.92. The first-order valence-corrected chi connectivity index (χ1v) is 6.59. The Morgan fingerprint density at radius 1 is 1.35 bits per heavy atom. The van der Waals surface area contributed by atoms with E-state index in [2.05, 4.69) is 5.32 Å². The summed E-state index contributed by atoms with van der Waals surface area (Å²) < 4.78 is 4.92. The first-order chi connectivity index (χ1) is 9.52. The Balaban J connectivity index is 2.43. The van der Waals surface area contributed by atoms with Gasteiger partial charge in [-0.25, -0.2) is 0 Å². The summed E-state index contributed by atoms with van der Waals surface area (Å²) in [6.45, 7) is 4.83. The van der Waals surface area contributed by atoms with E-state index in [0.29, 0.717) is 19.7 Å². The van der Waals surface area contributed by atoms with Gasteiger partial charge in [0, 0.05) is 27.1 Å². The highest BCUT2D eigenvalue weighted by atomic mass is 16.5. The van der Waals surface area contributed by atoms with Gasteiger partial charge in [-0.2, -0.15) is 0 Å². The predicted octanol–water partition coefficient (Wildman–Crippen LogP) is 1.11. The van der Waals surface area contributed by atoms with E-state index in [-0.39, 0.29) is 18.4 Å². The molecule has 1 aromatic carbocycles. The molecule has 20 heavy (non-hydrogen) atoms. The summed E-state index contributed by atoms with van der Waals surface area (Å²) in [6.07, 6.45) is 0. The van der Waals surface area contributed by atoms with Crippen molar-refractivity contribution in [2.45, 2.75) is 20.4 Å². The monoisotopic (exact) mass is 278 g/mol. The number of hydrogen-bond acceptors (Lipinski definition) is 3. The highest BCUT2D eigenvalue weighted by molar-refractivity contribution is 5.83. The molecule has 0 unspecified atom stereocenters. The molecule has 0 aromatic heterocycles. The van der Waals surface area contributed by atoms with Gasteiger partial charge in [-0.3, -0.25) is 9.59 Å². The number of ether oxygens (including phenoxy) is 1. The lowest BCUT2D eigenvalue weighted by Crippen LogP contribution is -2.41. The molecule has 1 aromatic rings. The highest BCUT2D eigenvalue weighted by Crippen LogP contribution is 2.03. The van der Waals surface area contributed by atoms with Crippen LogP contribution in [0.4, 0.5) is 0 Å². The molecule has 1 rings (SSSR count). The van der Waals surface area contributed by atoms with Crippen LogP contribution in [0, 0.1) is 6.92 Å². The smallest absolute Gasteiger partial charge is 0.239 e. The fourth-order valence-corrected chi connectivity index (χ4v) is 1.80. The Kier molecular flexibility index (Phi) is 6.73. The summed E-state index contributed by atoms with van der Waals surface area (Å²) in [6, 6.07) is 7.94. The minimum Gasteiger partial charge on any atom is -0.383 e. The summed E-state index contributed by atoms with van der Waals surface area (Å²) in [4.78, 5) is 24.7. The van der Waals surface area contributed by atoms with E-state index in [1.165, 1.54) is 11.8 Å². The number of nitrogens with one attached hydrogen (secondary N) is 1. The van der Waals surface area contributed by atoms with E-state index in [0.717, 1.165) is 11.1 Å². The van der Waals surface area contributed by atoms with E-state index in [4.69, 9.17) is 4.74 Å². The van der Waals surface area contributed by atoms with Crippen molar-refractivity contribution in [3.63, 3.8) is 0 Å². The van der Waals surface area contributed by atoms with Crippen molar-refractivity contribution >= 4 is 11.8 Å². The molecule has 0 aliphatic rings. The lowest BCUT2D eigenvalue weighted by atomic mass is 10.1. The second kappa shape index (κ2) is 8.32. The average molecular weight is 278 g/mol. The Hall–Kier alpha value is -1.88. The number of carbonyl (C=O) groups is 2. The first-order valence-electron chi connectivity index (χ1n) is 6.59. The molecule has 5 heteroatoms. The van der Waals surface area contributed by atoms with Gasteiger partial charge in [0.2, 0.25) is 11.8 Å². The Morgan fingerprint density at radius 3 is 2.70 bits per heavy atom. The van der Waals surface area contributed by atoms with Crippen LogP contribution in [0.5, 0.6) is 0 Å². The second-order valence-corrected chi connectivity index (χ2v) is 4.70. The zero-order chi connectivity index (χ0) is 15.0. The van der Waals surface area contributed by atoms with Gasteiger partial charge in [-0.05, 0) is 12.5 Å². The van der Waals surface area contributed by atoms with E-state index in [1.807, 2.05) is 31.2 Å². The SMILES string of the molecule is COCCN(CC(=O)NCc1cccc(C)c1)C(C)=O. The number of hydrogen-bond donors (Lipinski definition) is 1. The first kappa shape index (κ1) is 16.2. The zero-order valence-corrected chi connectivity index (χ0v) is 12.3. The summed E-state index contributed by atoms with van der Waals surface area (Å²) in [7, 11) is 1.57. The van der Waals surface area contributed by atoms with E-state index >= 15 is 0 Å². The van der Waals surface area contributed by atoms with Crippen LogP contribution in [0.1, 0.15) is 18.1 Å². The molecule has 1 N–H and O–H groups in total. The summed E-state index contributed by atoms with van der Waals surface area (Å²) in [5.74, 6) is -0.300. The van der Waals surface area contributed by atoms with Crippen molar-refractivity contribution in [2.75, 3.05) is 26.8 Å². The number of rotatable bonds is 7. The molecular formula is C15H22N2O3. The van der Waals surface area contributed by atoms with Gasteiger partial charge in [0.05, 0.1) is 13.2 Å². The lowest BCUT2D eigenvalue weighted by molar-refractivity contribution is -0.135. The van der Waals surface area contributed by atoms with Gasteiger partial charge in [0.15, 0.2) is 0 Å². The van der Waals surface area contributed by atoms with Crippen LogP contribution in [0.25, 0.3) is 0 Å². The van der Waals surface area contributed by atoms with Crippen LogP contribution in [0.3, 0.4) is 0 Å². The molecule has 2 amide bonds. The van der Waals surface area contributed by atoms with Crippen molar-refractivity contribution in [3.05, 3.63) is 35.4 Å². The van der Waals surface area contributed by atoms with Gasteiger partial charge < -0.3 is 15.0 Å². The van der Waals surface area contributed by atoms with Gasteiger partial charge in [0.1, 0.15) is 0 Å². The molecule has 0 saturated heterocycles. The Bertz CT molecular complexity index is 460. The normalized spacial score (nSPS) is 10.2. The van der Waals surface area contributed by atoms with E-state index in [1.54, 1.807) is 7.11 Å². The molecular weight excluding hydrogens is 256 g/mol. The third-order valence-corrected chi connectivity index (χ3v) is 2.92. The summed E-state index contributed by atoms with van der Waals surface area (Å²) in [5.41, 5.74) is 2.20. The molecule has 0 spiro atoms. The lowest BCUT2D eigenvalue weighted by Gasteiger charge is -2.20. The van der Waals surface area contributed by atoms with Gasteiger partial charge in [0.25, 0.3) is 0 Å². The largest absolute Gasteiger partial charge is 0.383 e. The van der Waals surface area contributed by atoms with E-state index in [9.17, 15) is 9.59 Å². The molecule has 0 saturated carbocycles. The second-order valence-electron chi connectivity index (χ2n) is 4.70. The minimum absolute atomic E-state index is 0.0600. The van der Waals surface area contributed by atoms with Crippen LogP contribution in [0.2, 0.25) is 0 Å². The fraction of sp³-hybridized carbons (Fsp3) is 0.467. The van der Waals surface area contributed by atoms with Crippen molar-refractivity contribution < 1.29 is 14.3 Å². The fourth-order valence-electron chi connectivity index (χ4n) is 1.80. The van der Waals surface area contributed by atoms with Crippen molar-refractivity contribution in [1.29, 1.82) is 0 Å². The molecule has 0 aliphatic carbocycles. The number of carbonyl (C=O) groups excluding carboxylic acids is 2. The molecule has 0 bridgehead atoms. The molecule has 0 aliphatic heterocycles. The summed E-state index contributed by atoms with van der Waals surface area (Å²) >= 11 is 0. The van der Waals surface area contributed by atoms with Crippen molar-refractivity contribution in [2.24, 2.45) is 0 Å². The standard InChI is InChI=1S/C15H22N2O3/c1-12-5-4-6-14(9-12)10-16-15(19)11-17(13(2)18)7-8-20-3/h4-6,9H,7-8,10-11H2,1-3H3,(H,16,19). The molecule has 0 heterocycles. The van der Waals surface area contributed by atoms with Crippen LogP contribution >= 0.6 is 0 Å². The van der Waals surface area contributed by atoms with Crippen molar-refractivity contribution in [3.8, 4) is 0 Å². The number of methoxy groups -OCH3 is 1. The third kappa shape index (κ3) is 5.84. The minimum atomic E-state index is -0.169. The molecule has 0 fully saturated rings. The Morgan fingerprint density at radius 2 is 2.10 bits per heavy atom. The Labute approximate surface area is 119 Å². The molecule has 0 atom stereocenters. The maximum Gasteiger partial charge on any atom is 0.239 e.